The number of fused-ring (bicyclic) bond motifs is 3. The van der Waals surface area contributed by atoms with Gasteiger partial charge in [-0.05, 0) is 39.9 Å². The molecule has 1 aliphatic carbocycles. The van der Waals surface area contributed by atoms with Crippen LogP contribution in [0.5, 0.6) is 0 Å². The normalized spacial score (nSPS) is 14.6. The highest BCUT2D eigenvalue weighted by Gasteiger charge is 2.37. The Labute approximate surface area is 177 Å². The third-order valence-corrected chi connectivity index (χ3v) is 5.87. The molecular weight excluding hydrogens is 430 g/mol. The number of hydrogen-bond donors (Lipinski definition) is 1. The number of hydrogen-bond acceptors (Lipinski definition) is 4. The van der Waals surface area contributed by atoms with E-state index >= 15 is 0 Å². The van der Waals surface area contributed by atoms with Crippen molar-refractivity contribution in [1.82, 2.24) is 0 Å². The Balaban J connectivity index is 1.53. The molecule has 0 spiro atoms. The van der Waals surface area contributed by atoms with Crippen LogP contribution in [0.15, 0.2) is 77.3 Å². The third kappa shape index (κ3) is 3.76. The zero-order chi connectivity index (χ0) is 20.4. The fraction of sp³-hybridized carbons (Fsp3) is 0.167. The van der Waals surface area contributed by atoms with E-state index in [4.69, 9.17) is 10.5 Å². The van der Waals surface area contributed by atoms with Crippen molar-refractivity contribution in [1.29, 1.82) is 0 Å². The molecule has 0 fully saturated rings. The van der Waals surface area contributed by atoms with E-state index in [0.29, 0.717) is 6.29 Å². The Kier molecular flexibility index (Phi) is 5.35. The van der Waals surface area contributed by atoms with Crippen LogP contribution in [0.2, 0.25) is 0 Å². The van der Waals surface area contributed by atoms with E-state index in [9.17, 15) is 9.59 Å². The molecule has 0 heterocycles. The van der Waals surface area contributed by atoms with Crippen LogP contribution in [0, 0.1) is 0 Å². The topological polar surface area (TPSA) is 69.4 Å². The summed E-state index contributed by atoms with van der Waals surface area (Å²) in [7, 11) is 0. The molecule has 0 amide bonds. The highest BCUT2D eigenvalue weighted by Crippen LogP contribution is 2.44. The highest BCUT2D eigenvalue weighted by molar-refractivity contribution is 9.10. The first-order valence-corrected chi connectivity index (χ1v) is 10.2. The summed E-state index contributed by atoms with van der Waals surface area (Å²) < 4.78 is 6.50. The van der Waals surface area contributed by atoms with Gasteiger partial charge < -0.3 is 15.3 Å². The maximum absolute atomic E-state index is 12.8. The summed E-state index contributed by atoms with van der Waals surface area (Å²) in [5.41, 5.74) is 9.72. The average molecular weight is 450 g/mol. The van der Waals surface area contributed by atoms with Gasteiger partial charge in [-0.2, -0.15) is 0 Å². The molecule has 0 aliphatic heterocycles. The van der Waals surface area contributed by atoms with Gasteiger partial charge in [0.2, 0.25) is 0 Å². The molecule has 29 heavy (non-hydrogen) atoms. The molecule has 0 saturated carbocycles. The minimum Gasteiger partial charge on any atom is -0.463 e. The first-order chi connectivity index (χ1) is 14.0. The largest absolute Gasteiger partial charge is 0.463 e. The van der Waals surface area contributed by atoms with Crippen LogP contribution in [0.3, 0.4) is 0 Å². The van der Waals surface area contributed by atoms with E-state index in [-0.39, 0.29) is 18.9 Å². The van der Waals surface area contributed by atoms with Gasteiger partial charge in [-0.25, -0.2) is 4.79 Å². The first kappa shape index (κ1) is 19.6. The monoisotopic (exact) mass is 449 g/mol. The second-order valence-electron chi connectivity index (χ2n) is 7.29. The summed E-state index contributed by atoms with van der Waals surface area (Å²) in [5.74, 6) is -0.785. The lowest BCUT2D eigenvalue weighted by molar-refractivity contribution is -0.151. The van der Waals surface area contributed by atoms with Gasteiger partial charge in [0, 0.05) is 16.8 Å². The average Bonchev–Trinajstić information content (AvgIpc) is 3.07. The number of rotatable bonds is 6. The summed E-state index contributed by atoms with van der Waals surface area (Å²) in [6.07, 6.45) is 0.564. The molecule has 3 aromatic carbocycles. The lowest BCUT2D eigenvalue weighted by Gasteiger charge is -2.23. The van der Waals surface area contributed by atoms with Crippen LogP contribution in [0.4, 0.5) is 0 Å². The lowest BCUT2D eigenvalue weighted by Crippen LogP contribution is -2.52. The van der Waals surface area contributed by atoms with Gasteiger partial charge >= 0.3 is 5.97 Å². The Bertz CT molecular complexity index is 1020. The Morgan fingerprint density at radius 2 is 1.52 bits per heavy atom. The number of esters is 1. The van der Waals surface area contributed by atoms with E-state index in [1.807, 2.05) is 60.7 Å². The Hall–Kier alpha value is -2.76. The predicted octanol–water partition coefficient (Wildman–Crippen LogP) is 4.24. The van der Waals surface area contributed by atoms with Crippen LogP contribution in [-0.2, 0) is 20.7 Å². The second-order valence-corrected chi connectivity index (χ2v) is 8.20. The highest BCUT2D eigenvalue weighted by atomic mass is 79.9. The van der Waals surface area contributed by atoms with Crippen LogP contribution in [0.25, 0.3) is 11.1 Å². The van der Waals surface area contributed by atoms with Crippen molar-refractivity contribution in [3.63, 3.8) is 0 Å². The van der Waals surface area contributed by atoms with Gasteiger partial charge in [0.1, 0.15) is 6.61 Å². The lowest BCUT2D eigenvalue weighted by atomic mass is 9.93. The van der Waals surface area contributed by atoms with E-state index < -0.39 is 11.5 Å². The van der Waals surface area contributed by atoms with Crippen LogP contribution in [0.1, 0.15) is 22.6 Å². The molecular formula is C24H20BrNO3. The predicted molar refractivity (Wildman–Crippen MR) is 116 cm³/mol. The molecule has 0 aromatic heterocycles. The fourth-order valence-electron chi connectivity index (χ4n) is 3.83. The first-order valence-electron chi connectivity index (χ1n) is 9.37. The molecule has 146 valence electrons. The van der Waals surface area contributed by atoms with Gasteiger partial charge in [-0.15, -0.1) is 0 Å². The summed E-state index contributed by atoms with van der Waals surface area (Å²) in [6.45, 7) is 0.139. The summed E-state index contributed by atoms with van der Waals surface area (Å²) >= 11 is 3.37. The number of halogens is 1. The molecule has 2 N–H and O–H groups in total. The Morgan fingerprint density at radius 1 is 0.966 bits per heavy atom. The van der Waals surface area contributed by atoms with Gasteiger partial charge in [0.25, 0.3) is 0 Å². The summed E-state index contributed by atoms with van der Waals surface area (Å²) in [5, 5.41) is 0. The van der Waals surface area contributed by atoms with Crippen LogP contribution in [-0.4, -0.2) is 24.4 Å². The van der Waals surface area contributed by atoms with Gasteiger partial charge in [0.15, 0.2) is 11.8 Å². The zero-order valence-corrected chi connectivity index (χ0v) is 17.3. The number of ether oxygens (including phenoxy) is 1. The molecule has 3 aromatic rings. The molecule has 0 radical (unpaired) electrons. The van der Waals surface area contributed by atoms with E-state index in [0.717, 1.165) is 32.3 Å². The van der Waals surface area contributed by atoms with Crippen molar-refractivity contribution in [2.45, 2.75) is 17.9 Å². The molecule has 1 aliphatic rings. The number of benzene rings is 3. The van der Waals surface area contributed by atoms with E-state index in [1.54, 1.807) is 0 Å². The van der Waals surface area contributed by atoms with Crippen molar-refractivity contribution in [3.8, 4) is 11.1 Å². The minimum atomic E-state index is -1.72. The standard InChI is InChI=1S/C24H20BrNO3/c25-17-11-9-16(10-12-17)13-24(26,15-27)23(28)29-14-22-20-7-3-1-5-18(20)19-6-2-4-8-21(19)22/h1-12,15,22H,13-14,26H2/t24-/m0/s1. The summed E-state index contributed by atoms with van der Waals surface area (Å²) in [6, 6.07) is 23.5. The number of nitrogens with two attached hydrogens (primary N) is 1. The minimum absolute atomic E-state index is 0.0741. The molecule has 1 atom stereocenters. The van der Waals surface area contributed by atoms with Crippen LogP contribution >= 0.6 is 15.9 Å². The van der Waals surface area contributed by atoms with Gasteiger partial charge in [0.05, 0.1) is 0 Å². The van der Waals surface area contributed by atoms with Gasteiger partial charge in [-0.3, -0.25) is 0 Å². The van der Waals surface area contributed by atoms with Crippen LogP contribution < -0.4 is 5.73 Å². The Morgan fingerprint density at radius 3 is 2.07 bits per heavy atom. The molecule has 0 unspecified atom stereocenters. The molecule has 0 bridgehead atoms. The van der Waals surface area contributed by atoms with Crippen molar-refractivity contribution in [3.05, 3.63) is 94.0 Å². The molecule has 4 nitrogen and oxygen atoms in total. The SMILES string of the molecule is N[C@](C=O)(Cc1ccc(Br)cc1)C(=O)OCC1c2ccccc2-c2ccccc21. The number of carbonyl (C=O) groups is 2. The number of aldehydes is 1. The van der Waals surface area contributed by atoms with Crippen molar-refractivity contribution in [2.24, 2.45) is 5.73 Å². The number of carbonyl (C=O) groups excluding carboxylic acids is 2. The maximum atomic E-state index is 12.8. The second kappa shape index (κ2) is 7.93. The maximum Gasteiger partial charge on any atom is 0.333 e. The third-order valence-electron chi connectivity index (χ3n) is 5.34. The fourth-order valence-corrected chi connectivity index (χ4v) is 4.10. The van der Waals surface area contributed by atoms with Crippen molar-refractivity contribution >= 4 is 28.2 Å². The van der Waals surface area contributed by atoms with E-state index in [2.05, 4.69) is 28.1 Å². The molecule has 4 rings (SSSR count). The molecule has 5 heteroatoms. The van der Waals surface area contributed by atoms with E-state index in [1.165, 1.54) is 0 Å². The zero-order valence-electron chi connectivity index (χ0n) is 15.7. The van der Waals surface area contributed by atoms with Crippen molar-refractivity contribution < 1.29 is 14.3 Å². The van der Waals surface area contributed by atoms with Gasteiger partial charge in [-0.1, -0.05) is 76.6 Å². The van der Waals surface area contributed by atoms with Crippen molar-refractivity contribution in [2.75, 3.05) is 6.61 Å². The molecule has 0 saturated heterocycles. The summed E-state index contributed by atoms with van der Waals surface area (Å²) in [4.78, 5) is 24.5. The quantitative estimate of drug-likeness (QED) is 0.347. The smallest absolute Gasteiger partial charge is 0.333 e.